The summed E-state index contributed by atoms with van der Waals surface area (Å²) in [4.78, 5) is 4.10. The Hall–Kier alpha value is -2.00. The number of rotatable bonds is 4. The van der Waals surface area contributed by atoms with Gasteiger partial charge in [0.05, 0.1) is 4.90 Å². The average molecular weight is 297 g/mol. The zero-order valence-corrected chi connectivity index (χ0v) is 11.6. The van der Waals surface area contributed by atoms with Gasteiger partial charge in [0.1, 0.15) is 11.3 Å². The van der Waals surface area contributed by atoms with E-state index in [1.165, 1.54) is 23.1 Å². The Morgan fingerprint density at radius 2 is 2.00 bits per heavy atom. The fraction of sp³-hybridized carbons (Fsp3) is 0.100. The molecule has 0 spiro atoms. The number of hydrogen-bond acceptors (Lipinski definition) is 5. The van der Waals surface area contributed by atoms with Crippen LogP contribution in [0.25, 0.3) is 0 Å². The number of anilines is 1. The van der Waals surface area contributed by atoms with Crippen LogP contribution in [0.4, 0.5) is 5.95 Å². The maximum Gasteiger partial charge on any atom is 0.264 e. The molecule has 1 heterocycles. The standard InChI is InChI=1S/C10H11N5O2S2/c1-15-10(12-6-13-15)14-19(16,17)8-4-2-7(3-5-8)9(11)18/h2-6H,1H3,(H2,11,18)(H,12,13,14). The summed E-state index contributed by atoms with van der Waals surface area (Å²) in [6, 6.07) is 5.95. The Morgan fingerprint density at radius 3 is 2.47 bits per heavy atom. The van der Waals surface area contributed by atoms with Crippen LogP contribution < -0.4 is 10.5 Å². The minimum atomic E-state index is -3.71. The van der Waals surface area contributed by atoms with Crippen LogP contribution in [0, 0.1) is 0 Å². The zero-order valence-electron chi connectivity index (χ0n) is 9.94. The Balaban J connectivity index is 2.29. The molecule has 19 heavy (non-hydrogen) atoms. The molecule has 9 heteroatoms. The molecular weight excluding hydrogens is 286 g/mol. The third-order valence-electron chi connectivity index (χ3n) is 2.39. The van der Waals surface area contributed by atoms with Crippen molar-refractivity contribution < 1.29 is 8.42 Å². The van der Waals surface area contributed by atoms with E-state index < -0.39 is 10.0 Å². The number of aromatic nitrogens is 3. The number of sulfonamides is 1. The van der Waals surface area contributed by atoms with E-state index in [9.17, 15) is 8.42 Å². The van der Waals surface area contributed by atoms with Gasteiger partial charge in [-0.25, -0.2) is 17.8 Å². The fourth-order valence-corrected chi connectivity index (χ4v) is 2.54. The number of nitrogens with one attached hydrogen (secondary N) is 1. The molecule has 100 valence electrons. The van der Waals surface area contributed by atoms with Crippen molar-refractivity contribution in [3.63, 3.8) is 0 Å². The van der Waals surface area contributed by atoms with Crippen molar-refractivity contribution in [1.82, 2.24) is 14.8 Å². The summed E-state index contributed by atoms with van der Waals surface area (Å²) in [5.41, 5.74) is 6.05. The third-order valence-corrected chi connectivity index (χ3v) is 3.97. The molecule has 0 fully saturated rings. The van der Waals surface area contributed by atoms with Crippen molar-refractivity contribution in [2.75, 3.05) is 4.72 Å². The average Bonchev–Trinajstić information content (AvgIpc) is 2.74. The van der Waals surface area contributed by atoms with Crippen molar-refractivity contribution in [3.05, 3.63) is 36.2 Å². The van der Waals surface area contributed by atoms with E-state index in [0.29, 0.717) is 5.56 Å². The highest BCUT2D eigenvalue weighted by Gasteiger charge is 2.16. The summed E-state index contributed by atoms with van der Waals surface area (Å²) in [5.74, 6) is 0.137. The predicted octanol–water partition coefficient (Wildman–Crippen LogP) is 0.250. The minimum absolute atomic E-state index is 0.0931. The Kier molecular flexibility index (Phi) is 3.49. The van der Waals surface area contributed by atoms with E-state index >= 15 is 0 Å². The number of benzene rings is 1. The molecule has 2 rings (SSSR count). The third kappa shape index (κ3) is 2.88. The number of hydrogen-bond donors (Lipinski definition) is 2. The van der Waals surface area contributed by atoms with Crippen LogP contribution in [0.1, 0.15) is 5.56 Å². The first-order valence-electron chi connectivity index (χ1n) is 5.17. The van der Waals surface area contributed by atoms with Crippen LogP contribution >= 0.6 is 12.2 Å². The van der Waals surface area contributed by atoms with Gasteiger partial charge in [0, 0.05) is 12.6 Å². The highest BCUT2D eigenvalue weighted by Crippen LogP contribution is 2.14. The van der Waals surface area contributed by atoms with Crippen LogP contribution in [0.2, 0.25) is 0 Å². The van der Waals surface area contributed by atoms with Gasteiger partial charge < -0.3 is 5.73 Å². The fourth-order valence-electron chi connectivity index (χ4n) is 1.37. The zero-order chi connectivity index (χ0) is 14.0. The molecule has 1 aromatic heterocycles. The lowest BCUT2D eigenvalue weighted by molar-refractivity contribution is 0.600. The van der Waals surface area contributed by atoms with Crippen molar-refractivity contribution >= 4 is 33.2 Å². The summed E-state index contributed by atoms with van der Waals surface area (Å²) >= 11 is 4.80. The molecular formula is C10H11N5O2S2. The van der Waals surface area contributed by atoms with E-state index in [4.69, 9.17) is 18.0 Å². The second-order valence-electron chi connectivity index (χ2n) is 3.70. The molecule has 0 amide bonds. The summed E-state index contributed by atoms with van der Waals surface area (Å²) in [6.45, 7) is 0. The van der Waals surface area contributed by atoms with Gasteiger partial charge in [0.2, 0.25) is 5.95 Å². The topological polar surface area (TPSA) is 103 Å². The lowest BCUT2D eigenvalue weighted by Crippen LogP contribution is -2.16. The minimum Gasteiger partial charge on any atom is -0.389 e. The molecule has 0 aliphatic rings. The highest BCUT2D eigenvalue weighted by molar-refractivity contribution is 7.92. The van der Waals surface area contributed by atoms with E-state index in [-0.39, 0.29) is 15.8 Å². The smallest absolute Gasteiger partial charge is 0.264 e. The van der Waals surface area contributed by atoms with Gasteiger partial charge >= 0.3 is 0 Å². The molecule has 3 N–H and O–H groups in total. The number of nitrogens with zero attached hydrogens (tertiary/aromatic N) is 3. The van der Waals surface area contributed by atoms with Gasteiger partial charge in [0.25, 0.3) is 10.0 Å². The van der Waals surface area contributed by atoms with Crippen molar-refractivity contribution in [1.29, 1.82) is 0 Å². The van der Waals surface area contributed by atoms with Crippen LogP contribution in [0.15, 0.2) is 35.5 Å². The number of thiocarbonyl (C=S) groups is 1. The van der Waals surface area contributed by atoms with Gasteiger partial charge in [-0.15, -0.1) is 0 Å². The van der Waals surface area contributed by atoms with Crippen molar-refractivity contribution in [3.8, 4) is 0 Å². The van der Waals surface area contributed by atoms with Crippen LogP contribution in [-0.2, 0) is 17.1 Å². The van der Waals surface area contributed by atoms with Gasteiger partial charge in [-0.1, -0.05) is 24.4 Å². The van der Waals surface area contributed by atoms with E-state index in [1.54, 1.807) is 19.2 Å². The molecule has 7 nitrogen and oxygen atoms in total. The molecule has 0 aliphatic carbocycles. The van der Waals surface area contributed by atoms with Gasteiger partial charge in [-0.05, 0) is 12.1 Å². The van der Waals surface area contributed by atoms with Gasteiger partial charge in [-0.3, -0.25) is 0 Å². The number of aryl methyl sites for hydroxylation is 1. The molecule has 0 saturated heterocycles. The Bertz CT molecular complexity index is 706. The Morgan fingerprint density at radius 1 is 1.37 bits per heavy atom. The first-order chi connectivity index (χ1) is 8.90. The van der Waals surface area contributed by atoms with E-state index in [2.05, 4.69) is 14.8 Å². The highest BCUT2D eigenvalue weighted by atomic mass is 32.2. The Labute approximate surface area is 115 Å². The van der Waals surface area contributed by atoms with Crippen LogP contribution in [0.5, 0.6) is 0 Å². The second kappa shape index (κ2) is 4.94. The quantitative estimate of drug-likeness (QED) is 0.784. The maximum absolute atomic E-state index is 12.1. The molecule has 0 radical (unpaired) electrons. The van der Waals surface area contributed by atoms with Crippen molar-refractivity contribution in [2.45, 2.75) is 4.90 Å². The molecule has 0 saturated carbocycles. The second-order valence-corrected chi connectivity index (χ2v) is 5.82. The largest absolute Gasteiger partial charge is 0.389 e. The predicted molar refractivity (Wildman–Crippen MR) is 74.1 cm³/mol. The maximum atomic E-state index is 12.1. The SMILES string of the molecule is Cn1ncnc1NS(=O)(=O)c1ccc(C(N)=S)cc1. The van der Waals surface area contributed by atoms with Crippen molar-refractivity contribution in [2.24, 2.45) is 12.8 Å². The van der Waals surface area contributed by atoms with E-state index in [1.807, 2.05) is 0 Å². The van der Waals surface area contributed by atoms with Crippen LogP contribution in [0.3, 0.4) is 0 Å². The summed E-state index contributed by atoms with van der Waals surface area (Å²) in [6.07, 6.45) is 1.26. The van der Waals surface area contributed by atoms with Gasteiger partial charge in [0.15, 0.2) is 0 Å². The lowest BCUT2D eigenvalue weighted by Gasteiger charge is -2.07. The molecule has 0 bridgehead atoms. The number of nitrogens with two attached hydrogens (primary N) is 1. The molecule has 0 aliphatic heterocycles. The van der Waals surface area contributed by atoms with E-state index in [0.717, 1.165) is 0 Å². The van der Waals surface area contributed by atoms with Gasteiger partial charge in [-0.2, -0.15) is 10.1 Å². The summed E-state index contributed by atoms with van der Waals surface area (Å²) < 4.78 is 27.8. The first kappa shape index (κ1) is 13.4. The molecule has 0 unspecified atom stereocenters. The lowest BCUT2D eigenvalue weighted by atomic mass is 10.2. The first-order valence-corrected chi connectivity index (χ1v) is 7.06. The molecule has 1 aromatic carbocycles. The monoisotopic (exact) mass is 297 g/mol. The summed E-state index contributed by atoms with van der Waals surface area (Å²) in [7, 11) is -2.12. The molecule has 0 atom stereocenters. The molecule has 2 aromatic rings. The van der Waals surface area contributed by atoms with Crippen LogP contribution in [-0.4, -0.2) is 28.2 Å². The normalized spacial score (nSPS) is 11.2. The summed E-state index contributed by atoms with van der Waals surface area (Å²) in [5, 5.41) is 3.78.